The van der Waals surface area contributed by atoms with Crippen LogP contribution in [0.15, 0.2) is 36.0 Å². The third kappa shape index (κ3) is 5.73. The van der Waals surface area contributed by atoms with Gasteiger partial charge in [-0.15, -0.1) is 6.58 Å². The molecule has 0 spiro atoms. The molecule has 3 atom stereocenters. The van der Waals surface area contributed by atoms with Gasteiger partial charge in [0.2, 0.25) is 0 Å². The first-order chi connectivity index (χ1) is 10.4. The van der Waals surface area contributed by atoms with Gasteiger partial charge in [0.05, 0.1) is 17.8 Å². The summed E-state index contributed by atoms with van der Waals surface area (Å²) in [4.78, 5) is 0. The summed E-state index contributed by atoms with van der Waals surface area (Å²) in [5.41, 5.74) is 3.13. The Morgan fingerprint density at radius 1 is 1.05 bits per heavy atom. The van der Waals surface area contributed by atoms with Crippen LogP contribution in [0.2, 0.25) is 0 Å². The van der Waals surface area contributed by atoms with E-state index in [0.717, 1.165) is 25.7 Å². The van der Waals surface area contributed by atoms with E-state index in [2.05, 4.69) is 46.4 Å². The van der Waals surface area contributed by atoms with Crippen molar-refractivity contribution in [1.82, 2.24) is 0 Å². The standard InChI is InChI=1S/C20H32O2/c1-6-17-18(21-17)12-8-11-15(2)9-7-10-16(3)13-14-19-20(4,5)22-19/h6,10-11,17-19H,1,7-9,12-14H2,2-5H3/b15-11+,16-10+. The second-order valence-corrected chi connectivity index (χ2v) is 7.34. The highest BCUT2D eigenvalue weighted by molar-refractivity contribution is 5.06. The van der Waals surface area contributed by atoms with Crippen molar-refractivity contribution in [3.8, 4) is 0 Å². The first-order valence-electron chi connectivity index (χ1n) is 8.69. The van der Waals surface area contributed by atoms with Crippen LogP contribution in [0.4, 0.5) is 0 Å². The van der Waals surface area contributed by atoms with Gasteiger partial charge in [0.15, 0.2) is 0 Å². The van der Waals surface area contributed by atoms with E-state index in [9.17, 15) is 0 Å². The summed E-state index contributed by atoms with van der Waals surface area (Å²) in [6, 6.07) is 0. The fraction of sp³-hybridized carbons (Fsp3) is 0.700. The molecule has 0 N–H and O–H groups in total. The Bertz CT molecular complexity index is 445. The molecule has 0 aromatic heterocycles. The minimum Gasteiger partial charge on any atom is -0.367 e. The molecule has 124 valence electrons. The van der Waals surface area contributed by atoms with Crippen LogP contribution in [0.25, 0.3) is 0 Å². The summed E-state index contributed by atoms with van der Waals surface area (Å²) in [5.74, 6) is 0. The average Bonchev–Trinajstić information content (AvgIpc) is 3.34. The lowest BCUT2D eigenvalue weighted by Crippen LogP contribution is -2.02. The Morgan fingerprint density at radius 2 is 1.68 bits per heavy atom. The SMILES string of the molecule is C=CC1OC1CC/C=C(\C)CC/C=C(\C)CCC1OC1(C)C. The van der Waals surface area contributed by atoms with Gasteiger partial charge in [0.1, 0.15) is 6.10 Å². The third-order valence-corrected chi connectivity index (χ3v) is 4.79. The number of epoxide rings is 2. The summed E-state index contributed by atoms with van der Waals surface area (Å²) in [5, 5.41) is 0. The zero-order chi connectivity index (χ0) is 16.2. The Morgan fingerprint density at radius 3 is 2.27 bits per heavy atom. The van der Waals surface area contributed by atoms with Crippen molar-refractivity contribution in [2.24, 2.45) is 0 Å². The van der Waals surface area contributed by atoms with Crippen LogP contribution >= 0.6 is 0 Å². The lowest BCUT2D eigenvalue weighted by atomic mass is 10.0. The summed E-state index contributed by atoms with van der Waals surface area (Å²) in [6.45, 7) is 12.6. The molecular weight excluding hydrogens is 272 g/mol. The van der Waals surface area contributed by atoms with Crippen molar-refractivity contribution in [1.29, 1.82) is 0 Å². The molecule has 22 heavy (non-hydrogen) atoms. The molecule has 0 saturated carbocycles. The second kappa shape index (κ2) is 7.61. The van der Waals surface area contributed by atoms with E-state index >= 15 is 0 Å². The maximum atomic E-state index is 5.63. The quantitative estimate of drug-likeness (QED) is 0.401. The molecule has 0 radical (unpaired) electrons. The molecule has 0 bridgehead atoms. The van der Waals surface area contributed by atoms with E-state index < -0.39 is 0 Å². The lowest BCUT2D eigenvalue weighted by Gasteiger charge is -2.02. The van der Waals surface area contributed by atoms with Gasteiger partial charge >= 0.3 is 0 Å². The van der Waals surface area contributed by atoms with Crippen LogP contribution in [-0.4, -0.2) is 23.9 Å². The Hall–Kier alpha value is -0.860. The normalized spacial score (nSPS) is 30.3. The van der Waals surface area contributed by atoms with Crippen LogP contribution in [0.1, 0.15) is 66.2 Å². The van der Waals surface area contributed by atoms with E-state index in [1.807, 2.05) is 6.08 Å². The molecule has 2 rings (SSSR count). The van der Waals surface area contributed by atoms with Crippen LogP contribution in [0, 0.1) is 0 Å². The summed E-state index contributed by atoms with van der Waals surface area (Å²) < 4.78 is 11.1. The van der Waals surface area contributed by atoms with Gasteiger partial charge in [-0.25, -0.2) is 0 Å². The molecule has 2 aliphatic rings. The topological polar surface area (TPSA) is 25.1 Å². The van der Waals surface area contributed by atoms with Crippen LogP contribution in [-0.2, 0) is 9.47 Å². The fourth-order valence-corrected chi connectivity index (χ4v) is 2.94. The van der Waals surface area contributed by atoms with Gasteiger partial charge < -0.3 is 9.47 Å². The highest BCUT2D eigenvalue weighted by Gasteiger charge is 2.46. The first-order valence-corrected chi connectivity index (χ1v) is 8.69. The van der Waals surface area contributed by atoms with E-state index in [4.69, 9.17) is 9.47 Å². The number of allylic oxidation sites excluding steroid dienone is 4. The predicted octanol–water partition coefficient (Wildman–Crippen LogP) is 5.35. The second-order valence-electron chi connectivity index (χ2n) is 7.34. The van der Waals surface area contributed by atoms with Crippen molar-refractivity contribution in [2.75, 3.05) is 0 Å². The fourth-order valence-electron chi connectivity index (χ4n) is 2.94. The maximum absolute atomic E-state index is 5.63. The zero-order valence-corrected chi connectivity index (χ0v) is 14.7. The van der Waals surface area contributed by atoms with E-state index in [0.29, 0.717) is 18.3 Å². The monoisotopic (exact) mass is 304 g/mol. The van der Waals surface area contributed by atoms with Gasteiger partial charge in [0.25, 0.3) is 0 Å². The van der Waals surface area contributed by atoms with Gasteiger partial charge in [-0.05, 0) is 66.2 Å². The highest BCUT2D eigenvalue weighted by Crippen LogP contribution is 2.38. The molecule has 2 aliphatic heterocycles. The number of rotatable bonds is 10. The molecule has 2 heterocycles. The van der Waals surface area contributed by atoms with Gasteiger partial charge in [0, 0.05) is 0 Å². The van der Waals surface area contributed by atoms with Crippen molar-refractivity contribution in [3.63, 3.8) is 0 Å². The molecule has 2 saturated heterocycles. The lowest BCUT2D eigenvalue weighted by molar-refractivity contribution is 0.320. The van der Waals surface area contributed by atoms with E-state index in [1.165, 1.54) is 24.0 Å². The predicted molar refractivity (Wildman–Crippen MR) is 93.0 cm³/mol. The minimum atomic E-state index is 0.134. The van der Waals surface area contributed by atoms with Crippen molar-refractivity contribution in [3.05, 3.63) is 36.0 Å². The van der Waals surface area contributed by atoms with Crippen LogP contribution < -0.4 is 0 Å². The highest BCUT2D eigenvalue weighted by atomic mass is 16.6. The van der Waals surface area contributed by atoms with E-state index in [-0.39, 0.29) is 5.60 Å². The Balaban J connectivity index is 1.54. The Labute approximate surface area is 136 Å². The molecule has 2 nitrogen and oxygen atoms in total. The third-order valence-electron chi connectivity index (χ3n) is 4.79. The molecule has 3 unspecified atom stereocenters. The smallest absolute Gasteiger partial charge is 0.102 e. The zero-order valence-electron chi connectivity index (χ0n) is 14.7. The van der Waals surface area contributed by atoms with Gasteiger partial charge in [-0.2, -0.15) is 0 Å². The molecule has 0 aromatic rings. The number of hydrogen-bond donors (Lipinski definition) is 0. The summed E-state index contributed by atoms with van der Waals surface area (Å²) in [6.07, 6.45) is 14.8. The molecular formula is C20H32O2. The minimum absolute atomic E-state index is 0.134. The maximum Gasteiger partial charge on any atom is 0.102 e. The van der Waals surface area contributed by atoms with Crippen LogP contribution in [0.3, 0.4) is 0 Å². The van der Waals surface area contributed by atoms with Gasteiger partial charge in [-0.3, -0.25) is 0 Å². The largest absolute Gasteiger partial charge is 0.367 e. The number of ether oxygens (including phenoxy) is 2. The molecule has 0 amide bonds. The van der Waals surface area contributed by atoms with E-state index in [1.54, 1.807) is 0 Å². The summed E-state index contributed by atoms with van der Waals surface area (Å²) >= 11 is 0. The van der Waals surface area contributed by atoms with Crippen molar-refractivity contribution < 1.29 is 9.47 Å². The van der Waals surface area contributed by atoms with Crippen molar-refractivity contribution in [2.45, 2.75) is 90.1 Å². The average molecular weight is 304 g/mol. The van der Waals surface area contributed by atoms with Crippen molar-refractivity contribution >= 4 is 0 Å². The summed E-state index contributed by atoms with van der Waals surface area (Å²) in [7, 11) is 0. The first kappa shape index (κ1) is 17.5. The molecule has 0 aliphatic carbocycles. The molecule has 0 aromatic carbocycles. The van der Waals surface area contributed by atoms with Crippen LogP contribution in [0.5, 0.6) is 0 Å². The Kier molecular flexibility index (Phi) is 6.05. The number of hydrogen-bond acceptors (Lipinski definition) is 2. The molecule has 2 fully saturated rings. The van der Waals surface area contributed by atoms with Gasteiger partial charge in [-0.1, -0.05) is 29.4 Å². The molecule has 2 heteroatoms.